The number of aryl methyl sites for hydroxylation is 1. The van der Waals surface area contributed by atoms with Gasteiger partial charge in [0.25, 0.3) is 5.69 Å². The van der Waals surface area contributed by atoms with Crippen LogP contribution in [-0.4, -0.2) is 4.92 Å². The van der Waals surface area contributed by atoms with Crippen molar-refractivity contribution >= 4 is 37.5 Å². The average Bonchev–Trinajstić information content (AvgIpc) is 2.42. The highest BCUT2D eigenvalue weighted by molar-refractivity contribution is 9.10. The summed E-state index contributed by atoms with van der Waals surface area (Å²) >= 11 is 7.20. The monoisotopic (exact) mass is 397 g/mol. The van der Waals surface area contributed by atoms with E-state index < -0.39 is 0 Å². The van der Waals surface area contributed by atoms with Gasteiger partial charge in [-0.25, -0.2) is 0 Å². The summed E-state index contributed by atoms with van der Waals surface area (Å²) in [4.78, 5) is 10.4. The minimum absolute atomic E-state index is 0.123. The lowest BCUT2D eigenvalue weighted by molar-refractivity contribution is -0.384. The van der Waals surface area contributed by atoms with Gasteiger partial charge >= 0.3 is 0 Å². The lowest BCUT2D eigenvalue weighted by Gasteiger charge is -2.11. The Hall–Kier alpha value is -1.20. The normalized spacial score (nSPS) is 12.2. The number of nitro benzene ring substituents is 1. The topological polar surface area (TPSA) is 43.1 Å². The zero-order chi connectivity index (χ0) is 14.7. The summed E-state index contributed by atoms with van der Waals surface area (Å²) in [5.74, 6) is 0. The van der Waals surface area contributed by atoms with Crippen LogP contribution in [0.1, 0.15) is 21.5 Å². The van der Waals surface area contributed by atoms with Crippen LogP contribution in [0.5, 0.6) is 0 Å². The van der Waals surface area contributed by atoms with Gasteiger partial charge in [0, 0.05) is 21.4 Å². The Kier molecular flexibility index (Phi) is 4.94. The average molecular weight is 399 g/mol. The molecule has 20 heavy (non-hydrogen) atoms. The SMILES string of the molecule is Cc1ccc(C(Br)Cc2ccc([N+](=O)[O-])cc2)cc1Br. The largest absolute Gasteiger partial charge is 0.269 e. The molecule has 2 aromatic rings. The first-order valence-electron chi connectivity index (χ1n) is 6.11. The van der Waals surface area contributed by atoms with Crippen LogP contribution in [0.15, 0.2) is 46.9 Å². The number of nitrogens with zero attached hydrogens (tertiary/aromatic N) is 1. The van der Waals surface area contributed by atoms with Crippen LogP contribution in [0.4, 0.5) is 5.69 Å². The molecular weight excluding hydrogens is 386 g/mol. The Balaban J connectivity index is 2.12. The molecule has 0 saturated heterocycles. The van der Waals surface area contributed by atoms with Crippen LogP contribution in [-0.2, 0) is 6.42 Å². The summed E-state index contributed by atoms with van der Waals surface area (Å²) < 4.78 is 1.09. The third-order valence-corrected chi connectivity index (χ3v) is 4.83. The summed E-state index contributed by atoms with van der Waals surface area (Å²) in [6, 6.07) is 12.9. The van der Waals surface area contributed by atoms with Gasteiger partial charge in [-0.3, -0.25) is 10.1 Å². The maximum Gasteiger partial charge on any atom is 0.269 e. The van der Waals surface area contributed by atoms with E-state index in [1.165, 1.54) is 11.1 Å². The zero-order valence-electron chi connectivity index (χ0n) is 10.8. The molecule has 0 fully saturated rings. The molecule has 0 aliphatic rings. The Morgan fingerprint density at radius 2 is 1.85 bits per heavy atom. The second-order valence-electron chi connectivity index (χ2n) is 4.60. The predicted octanol–water partition coefficient (Wildman–Crippen LogP) is 5.34. The van der Waals surface area contributed by atoms with E-state index in [1.54, 1.807) is 24.3 Å². The van der Waals surface area contributed by atoms with Crippen molar-refractivity contribution in [3.63, 3.8) is 0 Å². The number of rotatable bonds is 4. The van der Waals surface area contributed by atoms with E-state index in [0.717, 1.165) is 16.5 Å². The fourth-order valence-corrected chi connectivity index (χ4v) is 2.94. The molecule has 0 saturated carbocycles. The van der Waals surface area contributed by atoms with Gasteiger partial charge in [0.2, 0.25) is 0 Å². The minimum Gasteiger partial charge on any atom is -0.258 e. The molecule has 0 N–H and O–H groups in total. The van der Waals surface area contributed by atoms with E-state index in [1.807, 2.05) is 6.92 Å². The third kappa shape index (κ3) is 3.67. The molecule has 0 spiro atoms. The first kappa shape index (κ1) is 15.2. The maximum atomic E-state index is 10.6. The van der Waals surface area contributed by atoms with Gasteiger partial charge in [0.15, 0.2) is 0 Å². The van der Waals surface area contributed by atoms with Crippen molar-refractivity contribution in [3.05, 3.63) is 73.7 Å². The Morgan fingerprint density at radius 3 is 2.40 bits per heavy atom. The van der Waals surface area contributed by atoms with E-state index in [2.05, 4.69) is 50.1 Å². The van der Waals surface area contributed by atoms with Crippen molar-refractivity contribution in [1.29, 1.82) is 0 Å². The van der Waals surface area contributed by atoms with Gasteiger partial charge in [0.05, 0.1) is 4.92 Å². The highest BCUT2D eigenvalue weighted by Crippen LogP contribution is 2.30. The van der Waals surface area contributed by atoms with E-state index in [4.69, 9.17) is 0 Å². The molecule has 1 atom stereocenters. The summed E-state index contributed by atoms with van der Waals surface area (Å²) in [7, 11) is 0. The molecule has 0 aliphatic heterocycles. The van der Waals surface area contributed by atoms with Gasteiger partial charge in [-0.15, -0.1) is 0 Å². The number of alkyl halides is 1. The van der Waals surface area contributed by atoms with Gasteiger partial charge in [-0.2, -0.15) is 0 Å². The molecule has 0 aromatic heterocycles. The molecule has 1 unspecified atom stereocenters. The second kappa shape index (κ2) is 6.50. The summed E-state index contributed by atoms with van der Waals surface area (Å²) in [5, 5.41) is 10.6. The van der Waals surface area contributed by atoms with Crippen LogP contribution < -0.4 is 0 Å². The van der Waals surface area contributed by atoms with Crippen LogP contribution in [0.25, 0.3) is 0 Å². The molecule has 5 heteroatoms. The zero-order valence-corrected chi connectivity index (χ0v) is 14.0. The van der Waals surface area contributed by atoms with Crippen LogP contribution in [0, 0.1) is 17.0 Å². The summed E-state index contributed by atoms with van der Waals surface area (Å²) in [5.41, 5.74) is 3.57. The second-order valence-corrected chi connectivity index (χ2v) is 6.56. The smallest absolute Gasteiger partial charge is 0.258 e. The predicted molar refractivity (Wildman–Crippen MR) is 87.3 cm³/mol. The molecule has 0 aliphatic carbocycles. The molecule has 0 heterocycles. The number of halogens is 2. The molecule has 104 valence electrons. The summed E-state index contributed by atoms with van der Waals surface area (Å²) in [6.45, 7) is 2.05. The lowest BCUT2D eigenvalue weighted by atomic mass is 10.0. The van der Waals surface area contributed by atoms with Crippen molar-refractivity contribution in [2.45, 2.75) is 18.2 Å². The van der Waals surface area contributed by atoms with Crippen molar-refractivity contribution in [3.8, 4) is 0 Å². The highest BCUT2D eigenvalue weighted by Gasteiger charge is 2.11. The molecule has 0 bridgehead atoms. The Labute approximate surface area is 134 Å². The molecular formula is C15H13Br2NO2. The van der Waals surface area contributed by atoms with Crippen molar-refractivity contribution in [2.24, 2.45) is 0 Å². The molecule has 0 radical (unpaired) electrons. The number of hydrogen-bond acceptors (Lipinski definition) is 2. The van der Waals surface area contributed by atoms with Gasteiger partial charge in [0.1, 0.15) is 0 Å². The van der Waals surface area contributed by atoms with E-state index in [-0.39, 0.29) is 15.4 Å². The third-order valence-electron chi connectivity index (χ3n) is 3.12. The van der Waals surface area contributed by atoms with Crippen LogP contribution in [0.3, 0.4) is 0 Å². The number of non-ortho nitro benzene ring substituents is 1. The fraction of sp³-hybridized carbons (Fsp3) is 0.200. The van der Waals surface area contributed by atoms with Crippen molar-refractivity contribution < 1.29 is 4.92 Å². The van der Waals surface area contributed by atoms with Crippen LogP contribution >= 0.6 is 31.9 Å². The minimum atomic E-state index is -0.382. The van der Waals surface area contributed by atoms with E-state index >= 15 is 0 Å². The number of hydrogen-bond donors (Lipinski definition) is 0. The lowest BCUT2D eigenvalue weighted by Crippen LogP contribution is -1.96. The van der Waals surface area contributed by atoms with Gasteiger partial charge in [-0.05, 0) is 36.1 Å². The van der Waals surface area contributed by atoms with E-state index in [9.17, 15) is 10.1 Å². The molecule has 3 nitrogen and oxygen atoms in total. The fourth-order valence-electron chi connectivity index (χ4n) is 1.88. The highest BCUT2D eigenvalue weighted by atomic mass is 79.9. The number of benzene rings is 2. The molecule has 2 aromatic carbocycles. The van der Waals surface area contributed by atoms with Crippen molar-refractivity contribution in [1.82, 2.24) is 0 Å². The maximum absolute atomic E-state index is 10.6. The summed E-state index contributed by atoms with van der Waals surface area (Å²) in [6.07, 6.45) is 0.785. The van der Waals surface area contributed by atoms with Crippen LogP contribution in [0.2, 0.25) is 0 Å². The van der Waals surface area contributed by atoms with Gasteiger partial charge in [-0.1, -0.05) is 56.1 Å². The number of nitro groups is 1. The molecule has 0 amide bonds. The van der Waals surface area contributed by atoms with Crippen molar-refractivity contribution in [2.75, 3.05) is 0 Å². The van der Waals surface area contributed by atoms with E-state index in [0.29, 0.717) is 0 Å². The Bertz CT molecular complexity index is 626. The van der Waals surface area contributed by atoms with Gasteiger partial charge < -0.3 is 0 Å². The first-order chi connectivity index (χ1) is 9.47. The molecule has 2 rings (SSSR count). The quantitative estimate of drug-likeness (QED) is 0.396. The standard InChI is InChI=1S/C15H13Br2NO2/c1-10-2-5-12(9-14(10)16)15(17)8-11-3-6-13(7-4-11)18(19)20/h2-7,9,15H,8H2,1H3. The first-order valence-corrected chi connectivity index (χ1v) is 7.81. The Morgan fingerprint density at radius 1 is 1.20 bits per heavy atom.